The molecule has 0 aromatic carbocycles. The molecule has 0 saturated carbocycles. The van der Waals surface area contributed by atoms with Gasteiger partial charge < -0.3 is 26.1 Å². The van der Waals surface area contributed by atoms with Crippen molar-refractivity contribution < 1.29 is 42.8 Å². The molecule has 248 valence electrons. The summed E-state index contributed by atoms with van der Waals surface area (Å²) >= 11 is 0. The summed E-state index contributed by atoms with van der Waals surface area (Å²) in [7, 11) is 0. The van der Waals surface area contributed by atoms with Crippen LogP contribution in [0.15, 0.2) is 98.1 Å². The molecule has 4 rings (SSSR count). The van der Waals surface area contributed by atoms with Gasteiger partial charge in [-0.3, -0.25) is 24.2 Å². The van der Waals surface area contributed by atoms with E-state index in [1.165, 1.54) is 6.20 Å². The fraction of sp³-hybridized carbons (Fsp3) is 0.250. The Morgan fingerprint density at radius 2 is 1.02 bits per heavy atom. The van der Waals surface area contributed by atoms with Crippen LogP contribution in [0.5, 0.6) is 0 Å². The molecule has 16 nitrogen and oxygen atoms in total. The second-order valence-corrected chi connectivity index (χ2v) is 10.3. The normalized spacial score (nSPS) is 10.4. The van der Waals surface area contributed by atoms with Crippen LogP contribution in [0.4, 0.5) is 0 Å². The van der Waals surface area contributed by atoms with E-state index >= 15 is 0 Å². The predicted octanol–water partition coefficient (Wildman–Crippen LogP) is -0.828. The average molecular weight is 659 g/mol. The summed E-state index contributed by atoms with van der Waals surface area (Å²) in [6.45, 7) is 2.04. The van der Waals surface area contributed by atoms with E-state index in [4.69, 9.17) is 0 Å². The van der Waals surface area contributed by atoms with E-state index in [1.54, 1.807) is 94.8 Å². The van der Waals surface area contributed by atoms with E-state index in [0.717, 1.165) is 0 Å². The fourth-order valence-electron chi connectivity index (χ4n) is 4.47. The van der Waals surface area contributed by atoms with Gasteiger partial charge >= 0.3 is 0 Å². The molecule has 0 aliphatic rings. The second kappa shape index (κ2) is 18.0. The van der Waals surface area contributed by atoms with E-state index < -0.39 is 11.0 Å². The molecule has 0 unspecified atom stereocenters. The lowest BCUT2D eigenvalue weighted by atomic mass is 10.2. The van der Waals surface area contributed by atoms with Gasteiger partial charge in [0.25, 0.3) is 28.7 Å². The molecule has 0 radical (unpaired) electrons. The lowest BCUT2D eigenvalue weighted by Gasteiger charge is -2.06. The largest absolute Gasteiger partial charge is 0.350 e. The van der Waals surface area contributed by atoms with Crippen LogP contribution in [-0.4, -0.2) is 66.5 Å². The van der Waals surface area contributed by atoms with Gasteiger partial charge in [-0.2, -0.15) is 0 Å². The smallest absolute Gasteiger partial charge is 0.294 e. The highest BCUT2D eigenvalue weighted by Crippen LogP contribution is 1.98. The summed E-state index contributed by atoms with van der Waals surface area (Å²) in [5.41, 5.74) is 1.75. The fourth-order valence-corrected chi connectivity index (χ4v) is 4.47. The summed E-state index contributed by atoms with van der Waals surface area (Å²) in [5.74, 6) is -1.15. The zero-order chi connectivity index (χ0) is 34.1. The number of hydrogen-bond donors (Lipinski definition) is 4. The Morgan fingerprint density at radius 3 is 1.42 bits per heavy atom. The Morgan fingerprint density at radius 1 is 0.625 bits per heavy atom. The van der Waals surface area contributed by atoms with Crippen LogP contribution in [0.3, 0.4) is 0 Å². The van der Waals surface area contributed by atoms with Crippen LogP contribution in [0.1, 0.15) is 41.4 Å². The van der Waals surface area contributed by atoms with Crippen molar-refractivity contribution in [3.05, 3.63) is 130 Å². The van der Waals surface area contributed by atoms with Gasteiger partial charge in [0.05, 0.1) is 25.2 Å². The topological polar surface area (TPSA) is 193 Å². The van der Waals surface area contributed by atoms with Crippen molar-refractivity contribution in [2.45, 2.75) is 19.6 Å². The number of pyridine rings is 4. The van der Waals surface area contributed by atoms with E-state index in [0.29, 0.717) is 61.5 Å². The van der Waals surface area contributed by atoms with Crippen molar-refractivity contribution in [2.24, 2.45) is 0 Å². The zero-order valence-electron chi connectivity index (χ0n) is 26.0. The summed E-state index contributed by atoms with van der Waals surface area (Å²) in [4.78, 5) is 68.4. The number of aromatic nitrogens is 4. The quantitative estimate of drug-likeness (QED) is 0.0489. The van der Waals surface area contributed by atoms with Crippen molar-refractivity contribution in [1.29, 1.82) is 0 Å². The van der Waals surface area contributed by atoms with Gasteiger partial charge in [-0.25, -0.2) is 13.7 Å². The van der Waals surface area contributed by atoms with Crippen molar-refractivity contribution >= 4 is 23.6 Å². The molecule has 4 aromatic heterocycles. The molecular weight excluding hydrogens is 622 g/mol. The Labute approximate surface area is 275 Å². The Kier molecular flexibility index (Phi) is 12.9. The van der Waals surface area contributed by atoms with Gasteiger partial charge in [0.1, 0.15) is 23.3 Å². The summed E-state index contributed by atoms with van der Waals surface area (Å²) < 4.78 is 5.37. The maximum Gasteiger partial charge on any atom is 0.294 e. The number of amides is 4. The summed E-state index contributed by atoms with van der Waals surface area (Å²) in [6, 6.07) is 13.6. The van der Waals surface area contributed by atoms with Crippen LogP contribution in [0.2, 0.25) is 0 Å². The lowest BCUT2D eigenvalue weighted by Crippen LogP contribution is -2.43. The number of hydrogen-bond acceptors (Lipinski definition) is 8. The molecule has 16 heteroatoms. The van der Waals surface area contributed by atoms with Gasteiger partial charge in [0, 0.05) is 37.1 Å². The predicted molar refractivity (Wildman–Crippen MR) is 166 cm³/mol. The molecule has 0 spiro atoms. The van der Waals surface area contributed by atoms with Crippen molar-refractivity contribution in [3.63, 3.8) is 0 Å². The van der Waals surface area contributed by atoms with Crippen molar-refractivity contribution in [1.82, 2.24) is 26.3 Å². The minimum Gasteiger partial charge on any atom is -0.350 e. The van der Waals surface area contributed by atoms with E-state index in [2.05, 4.69) is 31.1 Å². The Balaban J connectivity index is 1.18. The van der Waals surface area contributed by atoms with Gasteiger partial charge in [-0.1, -0.05) is 0 Å². The number of nitrogens with zero attached hydrogens (tertiary/aromatic N) is 5. The molecule has 0 aliphatic heterocycles. The van der Waals surface area contributed by atoms with Crippen molar-refractivity contribution in [3.8, 4) is 0 Å². The standard InChI is InChI=1S/C32H33N9O7/c42-29(25-5-1-9-33-21-25)34-10-17-38-14-2-6-26(22-38)30(43)35-11-18-39-15-3-7-27(23-39)31(44)36-12-19-40-16-4-8-28(24-40)32(45)37-13-20-48-41(46)47/h1-9,14-16,21-24H,10-13,17-20H2,(H-3,34,35,36,37,42,43,44,45)/p+3. The monoisotopic (exact) mass is 658 g/mol. The third-order valence-electron chi connectivity index (χ3n) is 6.84. The zero-order valence-corrected chi connectivity index (χ0v) is 26.0. The van der Waals surface area contributed by atoms with Gasteiger partial charge in [-0.05, 0) is 30.3 Å². The molecule has 0 bridgehead atoms. The Bertz CT molecular complexity index is 1740. The minimum absolute atomic E-state index is 0.0149. The average Bonchev–Trinajstić information content (AvgIpc) is 3.10. The molecule has 4 amide bonds. The molecule has 4 aromatic rings. The highest BCUT2D eigenvalue weighted by Gasteiger charge is 2.15. The van der Waals surface area contributed by atoms with Gasteiger partial charge in [0.15, 0.2) is 56.8 Å². The molecule has 0 atom stereocenters. The maximum absolute atomic E-state index is 12.8. The second-order valence-electron chi connectivity index (χ2n) is 10.3. The molecule has 0 fully saturated rings. The molecule has 0 aliphatic carbocycles. The molecule has 0 saturated heterocycles. The molecular formula is C32H36N9O7+3. The highest BCUT2D eigenvalue weighted by molar-refractivity contribution is 5.95. The van der Waals surface area contributed by atoms with Crippen LogP contribution in [0.25, 0.3) is 0 Å². The Hall–Kier alpha value is -6.32. The van der Waals surface area contributed by atoms with Crippen LogP contribution < -0.4 is 35.0 Å². The lowest BCUT2D eigenvalue weighted by molar-refractivity contribution is -0.757. The third kappa shape index (κ3) is 11.2. The van der Waals surface area contributed by atoms with Crippen LogP contribution >= 0.6 is 0 Å². The first-order chi connectivity index (χ1) is 23.3. The minimum atomic E-state index is -0.924. The number of nitrogens with one attached hydrogen (secondary N) is 4. The van der Waals surface area contributed by atoms with Crippen molar-refractivity contribution in [2.75, 3.05) is 32.8 Å². The van der Waals surface area contributed by atoms with Crippen LogP contribution in [0, 0.1) is 10.1 Å². The summed E-state index contributed by atoms with van der Waals surface area (Å²) in [6.07, 6.45) is 13.5. The number of rotatable bonds is 17. The highest BCUT2D eigenvalue weighted by atomic mass is 16.9. The first-order valence-electron chi connectivity index (χ1n) is 15.1. The van der Waals surface area contributed by atoms with Gasteiger partial charge in [0.2, 0.25) is 0 Å². The van der Waals surface area contributed by atoms with Gasteiger partial charge in [-0.15, -0.1) is 10.1 Å². The first kappa shape index (κ1) is 34.6. The van der Waals surface area contributed by atoms with E-state index in [9.17, 15) is 29.3 Å². The third-order valence-corrected chi connectivity index (χ3v) is 6.84. The maximum atomic E-state index is 12.8. The SMILES string of the molecule is O=C(NCCO[N+](=O)[O-])c1ccc[n+](CCNC(=O)c2ccc[n+](CCNC(=O)c3ccc[n+](CCNC(=O)c4cccnc4)c3)c2)c1. The molecule has 4 heterocycles. The van der Waals surface area contributed by atoms with E-state index in [1.807, 2.05) is 10.8 Å². The number of carbonyl (C=O) groups excluding carboxylic acids is 4. The summed E-state index contributed by atoms with van der Waals surface area (Å²) in [5, 5.41) is 20.4. The first-order valence-corrected chi connectivity index (χ1v) is 15.1. The molecule has 48 heavy (non-hydrogen) atoms. The number of carbonyl (C=O) groups is 4. The molecule has 4 N–H and O–H groups in total. The van der Waals surface area contributed by atoms with Crippen LogP contribution in [-0.2, 0) is 24.5 Å². The van der Waals surface area contributed by atoms with E-state index in [-0.39, 0.29) is 30.9 Å².